The molecule has 1 unspecified atom stereocenters. The average Bonchev–Trinajstić information content (AvgIpc) is 3.65. The van der Waals surface area contributed by atoms with Gasteiger partial charge in [0.2, 0.25) is 17.6 Å². The summed E-state index contributed by atoms with van der Waals surface area (Å²) < 4.78 is 4.21. The van der Waals surface area contributed by atoms with Gasteiger partial charge in [-0.2, -0.15) is 4.98 Å². The Balaban J connectivity index is 0.863. The molecule has 6 heterocycles. The monoisotopic (exact) mass is 720 g/mol. The van der Waals surface area contributed by atoms with Crippen LogP contribution >= 0.6 is 11.6 Å². The lowest BCUT2D eigenvalue weighted by atomic mass is 10.0. The summed E-state index contributed by atoms with van der Waals surface area (Å²) in [4.78, 5) is 64.0. The SMILES string of the molecule is CC(C)n1c2cc(N3CCC(N4CCN(c5ccc6c(c5)CN(C5CCC(=O)NC5=O)C6=O)CC4)CC3)ccc2n2c3cccc(Cl)c3c(=O)nc12. The maximum Gasteiger partial charge on any atom is 0.283 e. The molecule has 9 rings (SSSR count). The predicted octanol–water partition coefficient (Wildman–Crippen LogP) is 4.59. The molecule has 0 spiro atoms. The molecule has 12 nitrogen and oxygen atoms in total. The highest BCUT2D eigenvalue weighted by atomic mass is 35.5. The van der Waals surface area contributed by atoms with Crippen molar-refractivity contribution in [2.75, 3.05) is 49.1 Å². The third-order valence-corrected chi connectivity index (χ3v) is 11.9. The maximum absolute atomic E-state index is 13.2. The van der Waals surface area contributed by atoms with Crippen molar-refractivity contribution in [3.8, 4) is 0 Å². The molecule has 3 amide bonds. The Hall–Kier alpha value is -4.94. The number of amides is 3. The van der Waals surface area contributed by atoms with Crippen molar-refractivity contribution >= 4 is 68.4 Å². The Bertz CT molecular complexity index is 2350. The van der Waals surface area contributed by atoms with Crippen molar-refractivity contribution in [1.82, 2.24) is 29.1 Å². The topological polar surface area (TPSA) is 115 Å². The number of benzene rings is 3. The smallest absolute Gasteiger partial charge is 0.283 e. The van der Waals surface area contributed by atoms with Crippen LogP contribution < -0.4 is 20.7 Å². The van der Waals surface area contributed by atoms with Crippen molar-refractivity contribution in [3.63, 3.8) is 0 Å². The van der Waals surface area contributed by atoms with E-state index in [1.54, 1.807) is 11.0 Å². The number of anilines is 2. The number of carbonyl (C=O) groups is 3. The Kier molecular flexibility index (Phi) is 8.00. The van der Waals surface area contributed by atoms with Crippen LogP contribution in [0.2, 0.25) is 5.02 Å². The highest BCUT2D eigenvalue weighted by Gasteiger charge is 2.39. The summed E-state index contributed by atoms with van der Waals surface area (Å²) >= 11 is 6.47. The van der Waals surface area contributed by atoms with Gasteiger partial charge < -0.3 is 19.3 Å². The summed E-state index contributed by atoms with van der Waals surface area (Å²) in [5, 5.41) is 3.24. The molecular formula is C39H41ClN8O4. The van der Waals surface area contributed by atoms with Crippen LogP contribution in [0, 0.1) is 0 Å². The molecule has 4 aliphatic rings. The molecule has 3 fully saturated rings. The van der Waals surface area contributed by atoms with Gasteiger partial charge in [-0.3, -0.25) is 33.8 Å². The van der Waals surface area contributed by atoms with E-state index in [-0.39, 0.29) is 35.7 Å². The van der Waals surface area contributed by atoms with Crippen LogP contribution in [0.15, 0.2) is 59.4 Å². The van der Waals surface area contributed by atoms with Crippen molar-refractivity contribution in [1.29, 1.82) is 0 Å². The van der Waals surface area contributed by atoms with E-state index in [9.17, 15) is 19.2 Å². The van der Waals surface area contributed by atoms with Gasteiger partial charge in [0.15, 0.2) is 0 Å². The third kappa shape index (κ3) is 5.33. The molecule has 3 aromatic carbocycles. The summed E-state index contributed by atoms with van der Waals surface area (Å²) in [6.07, 6.45) is 2.79. The van der Waals surface area contributed by atoms with E-state index >= 15 is 0 Å². The van der Waals surface area contributed by atoms with Gasteiger partial charge in [-0.25, -0.2) is 0 Å². The van der Waals surface area contributed by atoms with Crippen LogP contribution in [0.5, 0.6) is 0 Å². The van der Waals surface area contributed by atoms with E-state index in [1.165, 1.54) is 5.69 Å². The Labute approximate surface area is 305 Å². The molecular weight excluding hydrogens is 680 g/mol. The van der Waals surface area contributed by atoms with Crippen LogP contribution in [-0.4, -0.2) is 92.8 Å². The van der Waals surface area contributed by atoms with Gasteiger partial charge in [-0.05, 0) is 87.2 Å². The molecule has 2 aromatic heterocycles. The van der Waals surface area contributed by atoms with E-state index in [1.807, 2.05) is 24.3 Å². The first-order valence-electron chi connectivity index (χ1n) is 18.3. The molecule has 3 saturated heterocycles. The number of fused-ring (bicyclic) bond motifs is 6. The van der Waals surface area contributed by atoms with Crippen LogP contribution in [0.4, 0.5) is 11.4 Å². The lowest BCUT2D eigenvalue weighted by Crippen LogP contribution is -2.53. The molecule has 268 valence electrons. The minimum atomic E-state index is -0.601. The number of hydrogen-bond acceptors (Lipinski definition) is 8. The fourth-order valence-electron chi connectivity index (χ4n) is 8.91. The number of rotatable bonds is 5. The summed E-state index contributed by atoms with van der Waals surface area (Å²) in [6, 6.07) is 18.2. The van der Waals surface area contributed by atoms with Crippen molar-refractivity contribution in [3.05, 3.63) is 81.1 Å². The molecule has 1 N–H and O–H groups in total. The zero-order chi connectivity index (χ0) is 35.8. The Morgan fingerprint density at radius 2 is 1.54 bits per heavy atom. The normalized spacial score (nSPS) is 20.6. The van der Waals surface area contributed by atoms with E-state index in [0.29, 0.717) is 40.8 Å². The Morgan fingerprint density at radius 3 is 2.29 bits per heavy atom. The minimum absolute atomic E-state index is 0.0995. The number of imide groups is 1. The summed E-state index contributed by atoms with van der Waals surface area (Å²) in [7, 11) is 0. The lowest BCUT2D eigenvalue weighted by molar-refractivity contribution is -0.136. The van der Waals surface area contributed by atoms with Gasteiger partial charge in [0, 0.05) is 81.3 Å². The standard InChI is InChI=1S/C39H41ClN8O4/c1-23(2)47-33-21-27(7-9-30(33)48-31-5-3-4-29(40)35(31)37(51)42-39(47)48)43-14-12-25(13-15-43)44-16-18-45(19-17-44)26-6-8-28-24(20-26)22-46(38(28)52)32-10-11-34(49)41-36(32)50/h3-9,20-21,23,25,32H,10-19,22H2,1-2H3,(H,41,49,50). The van der Waals surface area contributed by atoms with E-state index in [0.717, 1.165) is 79.9 Å². The Morgan fingerprint density at radius 1 is 0.808 bits per heavy atom. The maximum atomic E-state index is 13.2. The average molecular weight is 721 g/mol. The van der Waals surface area contributed by atoms with E-state index in [2.05, 4.69) is 72.1 Å². The quantitative estimate of drug-likeness (QED) is 0.263. The summed E-state index contributed by atoms with van der Waals surface area (Å²) in [6.45, 7) is 10.4. The van der Waals surface area contributed by atoms with Gasteiger partial charge in [0.05, 0.1) is 27.0 Å². The van der Waals surface area contributed by atoms with Crippen molar-refractivity contribution < 1.29 is 14.4 Å². The first-order chi connectivity index (χ1) is 25.2. The zero-order valence-electron chi connectivity index (χ0n) is 29.3. The molecule has 13 heteroatoms. The number of piperazine rings is 1. The van der Waals surface area contributed by atoms with E-state index < -0.39 is 6.04 Å². The number of nitrogens with one attached hydrogen (secondary N) is 1. The molecule has 0 bridgehead atoms. The summed E-state index contributed by atoms with van der Waals surface area (Å²) in [5.41, 5.74) is 6.38. The number of hydrogen-bond donors (Lipinski definition) is 1. The zero-order valence-corrected chi connectivity index (χ0v) is 30.1. The molecule has 0 aliphatic carbocycles. The second kappa shape index (κ2) is 12.6. The molecule has 4 aliphatic heterocycles. The fourth-order valence-corrected chi connectivity index (χ4v) is 9.16. The van der Waals surface area contributed by atoms with Crippen LogP contribution in [0.25, 0.3) is 27.7 Å². The van der Waals surface area contributed by atoms with Gasteiger partial charge in [-0.15, -0.1) is 0 Å². The van der Waals surface area contributed by atoms with Crippen LogP contribution in [0.3, 0.4) is 0 Å². The second-order valence-electron chi connectivity index (χ2n) is 14.8. The molecule has 0 radical (unpaired) electrons. The van der Waals surface area contributed by atoms with Crippen LogP contribution in [0.1, 0.15) is 61.5 Å². The minimum Gasteiger partial charge on any atom is -0.371 e. The largest absolute Gasteiger partial charge is 0.371 e. The first kappa shape index (κ1) is 32.9. The highest BCUT2D eigenvalue weighted by molar-refractivity contribution is 6.35. The number of aromatic nitrogens is 3. The van der Waals surface area contributed by atoms with Crippen molar-refractivity contribution in [2.45, 2.75) is 64.2 Å². The predicted molar refractivity (Wildman–Crippen MR) is 201 cm³/mol. The number of halogens is 1. The van der Waals surface area contributed by atoms with Crippen LogP contribution in [-0.2, 0) is 16.1 Å². The van der Waals surface area contributed by atoms with E-state index in [4.69, 9.17) is 11.6 Å². The number of nitrogens with zero attached hydrogens (tertiary/aromatic N) is 7. The first-order valence-corrected chi connectivity index (χ1v) is 18.7. The van der Waals surface area contributed by atoms with Gasteiger partial charge >= 0.3 is 0 Å². The fraction of sp³-hybridized carbons (Fsp3) is 0.410. The molecule has 1 atom stereocenters. The number of piperidine rings is 2. The number of imidazole rings is 1. The van der Waals surface area contributed by atoms with Gasteiger partial charge in [0.1, 0.15) is 6.04 Å². The second-order valence-corrected chi connectivity index (χ2v) is 15.2. The molecule has 0 saturated carbocycles. The van der Waals surface area contributed by atoms with Gasteiger partial charge in [0.25, 0.3) is 11.5 Å². The molecule has 5 aromatic rings. The van der Waals surface area contributed by atoms with Gasteiger partial charge in [-0.1, -0.05) is 17.7 Å². The summed E-state index contributed by atoms with van der Waals surface area (Å²) in [5.74, 6) is -0.169. The molecule has 52 heavy (non-hydrogen) atoms. The van der Waals surface area contributed by atoms with Crippen molar-refractivity contribution in [2.24, 2.45) is 0 Å². The number of carbonyl (C=O) groups excluding carboxylic acids is 3. The lowest BCUT2D eigenvalue weighted by Gasteiger charge is -2.44. The third-order valence-electron chi connectivity index (χ3n) is 11.6. The highest BCUT2D eigenvalue weighted by Crippen LogP contribution is 2.34.